The minimum absolute atomic E-state index is 0.0493. The van der Waals surface area contributed by atoms with E-state index >= 15 is 0 Å². The second-order valence-electron chi connectivity index (χ2n) is 8.01. The molecule has 13 heteroatoms. The Hall–Kier alpha value is -4.75. The van der Waals surface area contributed by atoms with Crippen molar-refractivity contribution in [3.05, 3.63) is 65.3 Å². The van der Waals surface area contributed by atoms with Crippen LogP contribution in [0.4, 0.5) is 27.7 Å². The minimum Gasteiger partial charge on any atom is -0.497 e. The first kappa shape index (κ1) is 26.3. The van der Waals surface area contributed by atoms with E-state index in [-0.39, 0.29) is 18.9 Å². The highest BCUT2D eigenvalue weighted by molar-refractivity contribution is 7.20. The number of fused-ring (bicyclic) bond motifs is 1. The third-order valence-corrected chi connectivity index (χ3v) is 6.63. The van der Waals surface area contributed by atoms with Crippen molar-refractivity contribution < 1.29 is 24.3 Å². The summed E-state index contributed by atoms with van der Waals surface area (Å²) in [4.78, 5) is 45.9. The number of nitrogens with one attached hydrogen (secondary N) is 5. The van der Waals surface area contributed by atoms with E-state index < -0.39 is 11.9 Å². The fourth-order valence-electron chi connectivity index (χ4n) is 3.58. The van der Waals surface area contributed by atoms with Crippen molar-refractivity contribution in [2.24, 2.45) is 0 Å². The Morgan fingerprint density at radius 2 is 1.74 bits per heavy atom. The van der Waals surface area contributed by atoms with Crippen LogP contribution in [0.25, 0.3) is 10.2 Å². The molecular weight excluding hydrogens is 510 g/mol. The molecule has 0 radical (unpaired) electrons. The summed E-state index contributed by atoms with van der Waals surface area (Å²) in [6, 6.07) is 13.7. The zero-order valence-corrected chi connectivity index (χ0v) is 21.3. The molecular formula is C25H25N7O5S. The number of nitrogens with zero attached hydrogens (tertiary/aromatic N) is 2. The van der Waals surface area contributed by atoms with E-state index in [0.29, 0.717) is 43.6 Å². The normalized spacial score (nSPS) is 10.5. The van der Waals surface area contributed by atoms with Crippen molar-refractivity contribution in [3.63, 3.8) is 0 Å². The van der Waals surface area contributed by atoms with Crippen LogP contribution in [0.1, 0.15) is 21.7 Å². The molecule has 2 heterocycles. The number of hydroxylamine groups is 1. The molecule has 38 heavy (non-hydrogen) atoms. The molecule has 0 aliphatic heterocycles. The minimum atomic E-state index is -0.588. The van der Waals surface area contributed by atoms with Gasteiger partial charge in [-0.25, -0.2) is 20.2 Å². The van der Waals surface area contributed by atoms with Gasteiger partial charge >= 0.3 is 6.03 Å². The number of urea groups is 1. The number of rotatable bonds is 9. The number of hydrogen-bond donors (Lipinski definition) is 6. The highest BCUT2D eigenvalue weighted by Gasteiger charge is 2.19. The maximum atomic E-state index is 12.6. The Balaban J connectivity index is 1.42. The SMILES string of the molecule is COc1cccc(NC(=O)Nc2ccc(Nc3ncnc4sc(C(=O)NCCC(=O)NO)c(C)c34)cc2)c1. The average Bonchev–Trinajstić information content (AvgIpc) is 3.27. The second-order valence-corrected chi connectivity index (χ2v) is 9.01. The predicted molar refractivity (Wildman–Crippen MR) is 144 cm³/mol. The van der Waals surface area contributed by atoms with Crippen LogP contribution in [0.5, 0.6) is 5.75 Å². The molecule has 4 aromatic rings. The van der Waals surface area contributed by atoms with Crippen LogP contribution >= 0.6 is 11.3 Å². The molecule has 0 saturated heterocycles. The topological polar surface area (TPSA) is 167 Å². The lowest BCUT2D eigenvalue weighted by atomic mass is 10.2. The monoisotopic (exact) mass is 535 g/mol. The quantitative estimate of drug-likeness (QED) is 0.138. The van der Waals surface area contributed by atoms with E-state index in [2.05, 4.69) is 31.2 Å². The van der Waals surface area contributed by atoms with Crippen LogP contribution in [0, 0.1) is 6.92 Å². The molecule has 4 rings (SSSR count). The van der Waals surface area contributed by atoms with E-state index in [1.165, 1.54) is 23.1 Å². The van der Waals surface area contributed by atoms with Gasteiger partial charge in [0, 0.05) is 36.1 Å². The average molecular weight is 536 g/mol. The molecule has 6 N–H and O–H groups in total. The molecule has 0 saturated carbocycles. The lowest BCUT2D eigenvalue weighted by Crippen LogP contribution is -2.29. The number of hydrogen-bond acceptors (Lipinski definition) is 9. The van der Waals surface area contributed by atoms with Crippen LogP contribution in [0.3, 0.4) is 0 Å². The summed E-state index contributed by atoms with van der Waals surface area (Å²) in [7, 11) is 1.56. The zero-order chi connectivity index (χ0) is 27.1. The van der Waals surface area contributed by atoms with Crippen molar-refractivity contribution in [2.45, 2.75) is 13.3 Å². The number of aryl methyl sites for hydroxylation is 1. The first-order valence-electron chi connectivity index (χ1n) is 11.4. The van der Waals surface area contributed by atoms with Gasteiger partial charge in [0.05, 0.1) is 17.4 Å². The highest BCUT2D eigenvalue weighted by Crippen LogP contribution is 2.34. The summed E-state index contributed by atoms with van der Waals surface area (Å²) < 4.78 is 5.16. The summed E-state index contributed by atoms with van der Waals surface area (Å²) in [6.45, 7) is 1.88. The van der Waals surface area contributed by atoms with E-state index in [0.717, 1.165) is 5.69 Å². The van der Waals surface area contributed by atoms with Gasteiger partial charge in [-0.1, -0.05) is 6.07 Å². The van der Waals surface area contributed by atoms with Crippen LogP contribution in [0.2, 0.25) is 0 Å². The molecule has 0 atom stereocenters. The molecule has 0 fully saturated rings. The summed E-state index contributed by atoms with van der Waals surface area (Å²) in [5, 5.41) is 20.7. The Bertz CT molecular complexity index is 1470. The van der Waals surface area contributed by atoms with Gasteiger partial charge < -0.3 is 26.0 Å². The van der Waals surface area contributed by atoms with E-state index in [1.807, 2.05) is 0 Å². The third kappa shape index (κ3) is 6.32. The standard InChI is InChI=1S/C25H25N7O5S/c1-14-20-22(27-13-28-24(20)38-21(14)23(34)26-11-10-19(33)32-36)29-15-6-8-16(9-7-15)30-25(35)31-17-4-3-5-18(12-17)37-2/h3-9,12-13,36H,10-11H2,1-2H3,(H,26,34)(H,32,33)(H,27,28,29)(H2,30,31,35). The van der Waals surface area contributed by atoms with Crippen molar-refractivity contribution >= 4 is 62.3 Å². The summed E-state index contributed by atoms with van der Waals surface area (Å²) >= 11 is 1.22. The summed E-state index contributed by atoms with van der Waals surface area (Å²) in [5.74, 6) is 0.232. The second kappa shape index (κ2) is 12.0. The third-order valence-electron chi connectivity index (χ3n) is 5.43. The van der Waals surface area contributed by atoms with E-state index in [9.17, 15) is 14.4 Å². The zero-order valence-electron chi connectivity index (χ0n) is 20.5. The summed E-state index contributed by atoms with van der Waals surface area (Å²) in [5.41, 5.74) is 4.13. The Morgan fingerprint density at radius 1 is 1.00 bits per heavy atom. The first-order chi connectivity index (χ1) is 18.4. The molecule has 2 aromatic carbocycles. The first-order valence-corrected chi connectivity index (χ1v) is 12.2. The number of ether oxygens (including phenoxy) is 1. The van der Waals surface area contributed by atoms with Gasteiger partial charge in [-0.15, -0.1) is 11.3 Å². The number of aromatic nitrogens is 2. The molecule has 0 bridgehead atoms. The Morgan fingerprint density at radius 3 is 2.47 bits per heavy atom. The number of anilines is 4. The lowest BCUT2D eigenvalue weighted by Gasteiger charge is -2.11. The fourth-order valence-corrected chi connectivity index (χ4v) is 4.64. The Kier molecular flexibility index (Phi) is 8.30. The lowest BCUT2D eigenvalue weighted by molar-refractivity contribution is -0.129. The van der Waals surface area contributed by atoms with Gasteiger partial charge in [0.25, 0.3) is 5.91 Å². The maximum absolute atomic E-state index is 12.6. The number of carbonyl (C=O) groups is 3. The Labute approximate surface area is 221 Å². The van der Waals surface area contributed by atoms with Gasteiger partial charge in [0.15, 0.2) is 0 Å². The number of methoxy groups -OCH3 is 1. The van der Waals surface area contributed by atoms with Crippen LogP contribution in [0.15, 0.2) is 54.9 Å². The van der Waals surface area contributed by atoms with Gasteiger partial charge in [-0.05, 0) is 48.9 Å². The molecule has 2 aromatic heterocycles. The maximum Gasteiger partial charge on any atom is 0.323 e. The van der Waals surface area contributed by atoms with Gasteiger partial charge in [-0.3, -0.25) is 14.8 Å². The van der Waals surface area contributed by atoms with Gasteiger partial charge in [-0.2, -0.15) is 0 Å². The molecule has 0 aliphatic carbocycles. The van der Waals surface area contributed by atoms with Crippen LogP contribution < -0.4 is 31.5 Å². The van der Waals surface area contributed by atoms with Crippen molar-refractivity contribution in [2.75, 3.05) is 29.6 Å². The van der Waals surface area contributed by atoms with Crippen LogP contribution in [-0.4, -0.2) is 46.7 Å². The van der Waals surface area contributed by atoms with Crippen molar-refractivity contribution in [1.29, 1.82) is 0 Å². The number of carbonyl (C=O) groups excluding carboxylic acids is 3. The van der Waals surface area contributed by atoms with Gasteiger partial charge in [0.2, 0.25) is 5.91 Å². The largest absolute Gasteiger partial charge is 0.497 e. The van der Waals surface area contributed by atoms with Gasteiger partial charge in [0.1, 0.15) is 22.7 Å². The molecule has 196 valence electrons. The molecule has 4 amide bonds. The molecule has 0 spiro atoms. The molecule has 12 nitrogen and oxygen atoms in total. The molecule has 0 aliphatic rings. The van der Waals surface area contributed by atoms with Crippen LogP contribution in [-0.2, 0) is 4.79 Å². The molecule has 0 unspecified atom stereocenters. The highest BCUT2D eigenvalue weighted by atomic mass is 32.1. The van der Waals surface area contributed by atoms with Crippen molar-refractivity contribution in [1.82, 2.24) is 20.8 Å². The van der Waals surface area contributed by atoms with E-state index in [1.54, 1.807) is 62.6 Å². The van der Waals surface area contributed by atoms with E-state index in [4.69, 9.17) is 9.94 Å². The fraction of sp³-hybridized carbons (Fsp3) is 0.160. The smallest absolute Gasteiger partial charge is 0.323 e. The van der Waals surface area contributed by atoms with Crippen molar-refractivity contribution in [3.8, 4) is 5.75 Å². The number of thiophene rings is 1. The summed E-state index contributed by atoms with van der Waals surface area (Å²) in [6.07, 6.45) is 1.36. The predicted octanol–water partition coefficient (Wildman–Crippen LogP) is 4.02. The number of benzene rings is 2. The number of amides is 4.